The van der Waals surface area contributed by atoms with Crippen molar-refractivity contribution in [2.24, 2.45) is 5.92 Å². The summed E-state index contributed by atoms with van der Waals surface area (Å²) in [6.07, 6.45) is 6.43. The number of piperidine rings is 1. The summed E-state index contributed by atoms with van der Waals surface area (Å²) in [4.78, 5) is 23.4. The number of amides is 1. The summed E-state index contributed by atoms with van der Waals surface area (Å²) in [5, 5.41) is 3.27. The van der Waals surface area contributed by atoms with Crippen molar-refractivity contribution in [1.29, 1.82) is 0 Å². The minimum atomic E-state index is 0.150. The van der Waals surface area contributed by atoms with Gasteiger partial charge in [-0.1, -0.05) is 24.3 Å². The smallest absolute Gasteiger partial charge is 0.225 e. The Balaban J connectivity index is 1.28. The van der Waals surface area contributed by atoms with Gasteiger partial charge in [0, 0.05) is 37.4 Å². The zero-order valence-corrected chi connectivity index (χ0v) is 14.6. The van der Waals surface area contributed by atoms with Crippen molar-refractivity contribution >= 4 is 11.9 Å². The average Bonchev–Trinajstić information content (AvgIpc) is 3.44. The van der Waals surface area contributed by atoms with Crippen LogP contribution in [0.3, 0.4) is 0 Å². The second-order valence-corrected chi connectivity index (χ2v) is 7.12. The maximum Gasteiger partial charge on any atom is 0.225 e. The van der Waals surface area contributed by atoms with Crippen LogP contribution in [0.15, 0.2) is 42.7 Å². The molecule has 0 unspecified atom stereocenters. The highest BCUT2D eigenvalue weighted by Gasteiger charge is 2.45. The molecule has 1 aromatic heterocycles. The fraction of sp³-hybridized carbons (Fsp3) is 0.450. The average molecular weight is 336 g/mol. The largest absolute Gasteiger partial charge is 0.353 e. The normalized spacial score (nSPS) is 23.3. The topological polar surface area (TPSA) is 58.1 Å². The first-order valence-corrected chi connectivity index (χ1v) is 9.10. The van der Waals surface area contributed by atoms with Crippen LogP contribution in [0.4, 0.5) is 5.95 Å². The SMILES string of the molecule is Cc1ccccc1[C@@H]1C[C@H]1C(=O)NC1CCN(c2ncccn2)CC1. The molecule has 2 aliphatic rings. The van der Waals surface area contributed by atoms with Crippen LogP contribution in [-0.2, 0) is 4.79 Å². The number of hydrogen-bond donors (Lipinski definition) is 1. The summed E-state index contributed by atoms with van der Waals surface area (Å²) < 4.78 is 0. The Hall–Kier alpha value is -2.43. The highest BCUT2D eigenvalue weighted by atomic mass is 16.2. The monoisotopic (exact) mass is 336 g/mol. The van der Waals surface area contributed by atoms with Gasteiger partial charge in [-0.25, -0.2) is 9.97 Å². The lowest BCUT2D eigenvalue weighted by atomic mass is 10.0. The van der Waals surface area contributed by atoms with Crippen LogP contribution in [0.2, 0.25) is 0 Å². The minimum Gasteiger partial charge on any atom is -0.353 e. The number of carbonyl (C=O) groups is 1. The van der Waals surface area contributed by atoms with Crippen molar-refractivity contribution in [3.05, 3.63) is 53.9 Å². The molecule has 0 spiro atoms. The maximum atomic E-state index is 12.6. The van der Waals surface area contributed by atoms with E-state index in [1.807, 2.05) is 6.07 Å². The first kappa shape index (κ1) is 16.1. The molecule has 0 radical (unpaired) electrons. The van der Waals surface area contributed by atoms with Crippen LogP contribution < -0.4 is 10.2 Å². The van der Waals surface area contributed by atoms with E-state index in [0.717, 1.165) is 38.3 Å². The summed E-state index contributed by atoms with van der Waals surface area (Å²) in [6, 6.07) is 10.5. The molecule has 2 fully saturated rings. The van der Waals surface area contributed by atoms with Crippen LogP contribution in [0.5, 0.6) is 0 Å². The van der Waals surface area contributed by atoms with Gasteiger partial charge in [-0.3, -0.25) is 4.79 Å². The first-order chi connectivity index (χ1) is 12.2. The molecule has 130 valence electrons. The Morgan fingerprint density at radius 2 is 1.84 bits per heavy atom. The fourth-order valence-electron chi connectivity index (χ4n) is 3.82. The quantitative estimate of drug-likeness (QED) is 0.932. The Bertz CT molecular complexity index is 740. The molecule has 4 rings (SSSR count). The minimum absolute atomic E-state index is 0.150. The lowest BCUT2D eigenvalue weighted by Gasteiger charge is -2.32. The van der Waals surface area contributed by atoms with Gasteiger partial charge in [-0.15, -0.1) is 0 Å². The van der Waals surface area contributed by atoms with E-state index < -0.39 is 0 Å². The molecule has 1 saturated heterocycles. The number of rotatable bonds is 4. The Kier molecular flexibility index (Phi) is 4.38. The van der Waals surface area contributed by atoms with Crippen molar-refractivity contribution in [2.75, 3.05) is 18.0 Å². The molecular weight excluding hydrogens is 312 g/mol. The van der Waals surface area contributed by atoms with Crippen LogP contribution in [0, 0.1) is 12.8 Å². The van der Waals surface area contributed by atoms with E-state index in [-0.39, 0.29) is 17.9 Å². The van der Waals surface area contributed by atoms with Crippen molar-refractivity contribution in [2.45, 2.75) is 38.1 Å². The molecule has 5 heteroatoms. The van der Waals surface area contributed by atoms with Crippen LogP contribution >= 0.6 is 0 Å². The highest BCUT2D eigenvalue weighted by molar-refractivity contribution is 5.83. The lowest BCUT2D eigenvalue weighted by molar-refractivity contribution is -0.123. The van der Waals surface area contributed by atoms with Crippen molar-refractivity contribution < 1.29 is 4.79 Å². The van der Waals surface area contributed by atoms with Gasteiger partial charge in [0.25, 0.3) is 0 Å². The van der Waals surface area contributed by atoms with Gasteiger partial charge in [0.2, 0.25) is 11.9 Å². The van der Waals surface area contributed by atoms with Gasteiger partial charge >= 0.3 is 0 Å². The summed E-state index contributed by atoms with van der Waals surface area (Å²) in [5.74, 6) is 1.56. The van der Waals surface area contributed by atoms with Gasteiger partial charge in [-0.2, -0.15) is 0 Å². The predicted molar refractivity (Wildman–Crippen MR) is 97.4 cm³/mol. The summed E-state index contributed by atoms with van der Waals surface area (Å²) in [5.41, 5.74) is 2.62. The van der Waals surface area contributed by atoms with Gasteiger partial charge in [0.15, 0.2) is 0 Å². The van der Waals surface area contributed by atoms with Gasteiger partial charge in [0.05, 0.1) is 0 Å². The van der Waals surface area contributed by atoms with Crippen LogP contribution in [0.25, 0.3) is 0 Å². The Morgan fingerprint density at radius 1 is 1.12 bits per heavy atom. The summed E-state index contributed by atoms with van der Waals surface area (Å²) >= 11 is 0. The molecule has 2 aromatic rings. The van der Waals surface area contributed by atoms with Gasteiger partial charge in [-0.05, 0) is 49.3 Å². The maximum absolute atomic E-state index is 12.6. The van der Waals surface area contributed by atoms with Crippen molar-refractivity contribution in [3.8, 4) is 0 Å². The summed E-state index contributed by atoms with van der Waals surface area (Å²) in [6.45, 7) is 3.91. The molecule has 1 aromatic carbocycles. The van der Waals surface area contributed by atoms with E-state index in [4.69, 9.17) is 0 Å². The number of anilines is 1. The summed E-state index contributed by atoms with van der Waals surface area (Å²) in [7, 11) is 0. The molecule has 0 bridgehead atoms. The third kappa shape index (κ3) is 3.50. The van der Waals surface area contributed by atoms with E-state index >= 15 is 0 Å². The van der Waals surface area contributed by atoms with E-state index in [1.165, 1.54) is 11.1 Å². The van der Waals surface area contributed by atoms with Gasteiger partial charge < -0.3 is 10.2 Å². The molecule has 5 nitrogen and oxygen atoms in total. The van der Waals surface area contributed by atoms with E-state index in [1.54, 1.807) is 12.4 Å². The molecular formula is C20H24N4O. The zero-order valence-electron chi connectivity index (χ0n) is 14.6. The second-order valence-electron chi connectivity index (χ2n) is 7.12. The lowest BCUT2D eigenvalue weighted by Crippen LogP contribution is -2.45. The molecule has 1 N–H and O–H groups in total. The molecule has 1 saturated carbocycles. The Labute approximate surface area is 148 Å². The highest BCUT2D eigenvalue weighted by Crippen LogP contribution is 2.48. The Morgan fingerprint density at radius 3 is 2.56 bits per heavy atom. The molecule has 25 heavy (non-hydrogen) atoms. The van der Waals surface area contributed by atoms with Crippen LogP contribution in [0.1, 0.15) is 36.3 Å². The number of nitrogens with zero attached hydrogens (tertiary/aromatic N) is 3. The van der Waals surface area contributed by atoms with Crippen molar-refractivity contribution in [1.82, 2.24) is 15.3 Å². The number of benzene rings is 1. The fourth-order valence-corrected chi connectivity index (χ4v) is 3.82. The third-order valence-electron chi connectivity index (χ3n) is 5.39. The number of aromatic nitrogens is 2. The van der Waals surface area contributed by atoms with Gasteiger partial charge in [0.1, 0.15) is 0 Å². The van der Waals surface area contributed by atoms with Crippen LogP contribution in [-0.4, -0.2) is 35.0 Å². The van der Waals surface area contributed by atoms with Crippen molar-refractivity contribution in [3.63, 3.8) is 0 Å². The predicted octanol–water partition coefficient (Wildman–Crippen LogP) is 2.67. The molecule has 2 heterocycles. The van der Waals surface area contributed by atoms with E-state index in [2.05, 4.69) is 51.4 Å². The van der Waals surface area contributed by atoms with E-state index in [9.17, 15) is 4.79 Å². The molecule has 2 atom stereocenters. The number of hydrogen-bond acceptors (Lipinski definition) is 4. The zero-order chi connectivity index (χ0) is 17.2. The number of aryl methyl sites for hydroxylation is 1. The number of carbonyl (C=O) groups excluding carboxylic acids is 1. The molecule has 1 aliphatic heterocycles. The molecule has 1 aliphatic carbocycles. The second kappa shape index (κ2) is 6.82. The number of nitrogens with one attached hydrogen (secondary N) is 1. The first-order valence-electron chi connectivity index (χ1n) is 9.10. The molecule has 1 amide bonds. The third-order valence-corrected chi connectivity index (χ3v) is 5.39. The van der Waals surface area contributed by atoms with E-state index in [0.29, 0.717) is 5.92 Å². The standard InChI is InChI=1S/C20H24N4O/c1-14-5-2-3-6-16(14)17-13-18(17)19(25)23-15-7-11-24(12-8-15)20-21-9-4-10-22-20/h2-6,9-10,15,17-18H,7-8,11-13H2,1H3,(H,23,25)/t17-,18+/m0/s1.